The minimum atomic E-state index is -0.618. The van der Waals surface area contributed by atoms with Gasteiger partial charge in [-0.2, -0.15) is 4.99 Å². The second-order valence-electron chi connectivity index (χ2n) is 7.05. The van der Waals surface area contributed by atoms with Crippen LogP contribution in [0.1, 0.15) is 40.2 Å². The van der Waals surface area contributed by atoms with Gasteiger partial charge in [0.05, 0.1) is 0 Å². The largest absolute Gasteiger partial charge is 0.473 e. The van der Waals surface area contributed by atoms with Crippen molar-refractivity contribution < 1.29 is 13.5 Å². The molecule has 1 aliphatic rings. The van der Waals surface area contributed by atoms with Gasteiger partial charge in [-0.25, -0.2) is 8.78 Å². The summed E-state index contributed by atoms with van der Waals surface area (Å²) in [6.45, 7) is 11.3. The fourth-order valence-corrected chi connectivity index (χ4v) is 2.41. The van der Waals surface area contributed by atoms with Crippen molar-refractivity contribution in [3.63, 3.8) is 0 Å². The molecule has 130 valence electrons. The van der Waals surface area contributed by atoms with Gasteiger partial charge >= 0.3 is 0 Å². The van der Waals surface area contributed by atoms with Crippen molar-refractivity contribution in [1.29, 1.82) is 0 Å². The van der Waals surface area contributed by atoms with Crippen LogP contribution in [0.5, 0.6) is 0 Å². The molecule has 0 unspecified atom stereocenters. The van der Waals surface area contributed by atoms with Crippen LogP contribution >= 0.6 is 0 Å². The van der Waals surface area contributed by atoms with E-state index in [0.29, 0.717) is 11.5 Å². The number of halogens is 2. The van der Waals surface area contributed by atoms with Gasteiger partial charge in [-0.3, -0.25) is 0 Å². The van der Waals surface area contributed by atoms with Crippen molar-refractivity contribution in [2.45, 2.75) is 41.2 Å². The monoisotopic (exact) mass is 334 g/mol. The molecule has 1 aromatic carbocycles. The molecular weight excluding hydrogens is 310 g/mol. The molecule has 0 amide bonds. The van der Waals surface area contributed by atoms with Gasteiger partial charge < -0.3 is 9.64 Å². The average Bonchev–Trinajstić information content (AvgIpc) is 2.47. The molecule has 0 spiro atoms. The molecule has 24 heavy (non-hydrogen) atoms. The number of nitrogens with zero attached hydrogens (tertiary/aromatic N) is 2. The third-order valence-electron chi connectivity index (χ3n) is 3.54. The Labute approximate surface area is 142 Å². The highest BCUT2D eigenvalue weighted by atomic mass is 19.1. The van der Waals surface area contributed by atoms with Crippen LogP contribution in [0.3, 0.4) is 0 Å². The highest BCUT2D eigenvalue weighted by Crippen LogP contribution is 2.26. The lowest BCUT2D eigenvalue weighted by Gasteiger charge is -2.34. The van der Waals surface area contributed by atoms with E-state index in [2.05, 4.69) is 30.7 Å². The maximum Gasteiger partial charge on any atom is 0.217 e. The van der Waals surface area contributed by atoms with E-state index in [9.17, 15) is 8.78 Å². The topological polar surface area (TPSA) is 24.8 Å². The molecule has 0 fully saturated rings. The number of hydrogen-bond donors (Lipinski definition) is 0. The van der Waals surface area contributed by atoms with Crippen molar-refractivity contribution in [2.24, 2.45) is 10.4 Å². The highest BCUT2D eigenvalue weighted by molar-refractivity contribution is 5.90. The zero-order chi connectivity index (χ0) is 17.9. The number of ether oxygens (including phenoxy) is 1. The van der Waals surface area contributed by atoms with Crippen LogP contribution in [0.25, 0.3) is 0 Å². The number of benzene rings is 1. The third-order valence-corrected chi connectivity index (χ3v) is 3.54. The number of rotatable bonds is 3. The van der Waals surface area contributed by atoms with Gasteiger partial charge in [0.1, 0.15) is 24.1 Å². The lowest BCUT2D eigenvalue weighted by molar-refractivity contribution is 0.257. The van der Waals surface area contributed by atoms with E-state index in [1.165, 1.54) is 12.1 Å². The molecule has 0 aliphatic carbocycles. The van der Waals surface area contributed by atoms with Gasteiger partial charge in [0, 0.05) is 29.9 Å². The van der Waals surface area contributed by atoms with Crippen molar-refractivity contribution in [3.8, 4) is 0 Å². The molecule has 1 heterocycles. The van der Waals surface area contributed by atoms with Gasteiger partial charge in [0.25, 0.3) is 0 Å². The molecule has 0 saturated carbocycles. The normalized spacial score (nSPS) is 17.0. The Morgan fingerprint density at radius 3 is 2.54 bits per heavy atom. The van der Waals surface area contributed by atoms with E-state index in [1.807, 2.05) is 26.0 Å². The van der Waals surface area contributed by atoms with Crippen LogP contribution in [0.15, 0.2) is 46.9 Å². The van der Waals surface area contributed by atoms with Crippen LogP contribution in [-0.4, -0.2) is 17.3 Å². The zero-order valence-corrected chi connectivity index (χ0v) is 14.9. The van der Waals surface area contributed by atoms with Crippen molar-refractivity contribution in [1.82, 2.24) is 4.90 Å². The Bertz CT molecular complexity index is 700. The van der Waals surface area contributed by atoms with Crippen molar-refractivity contribution in [2.75, 3.05) is 6.54 Å². The van der Waals surface area contributed by atoms with Crippen molar-refractivity contribution >= 4 is 5.90 Å². The number of hydrogen-bond acceptors (Lipinski definition) is 3. The molecule has 0 atom stereocenters. The molecule has 0 radical (unpaired) electrons. The first kappa shape index (κ1) is 18.2. The van der Waals surface area contributed by atoms with E-state index in [1.54, 1.807) is 0 Å². The first-order valence-corrected chi connectivity index (χ1v) is 7.97. The second-order valence-corrected chi connectivity index (χ2v) is 7.05. The van der Waals surface area contributed by atoms with Gasteiger partial charge in [-0.1, -0.05) is 20.8 Å². The van der Waals surface area contributed by atoms with E-state index in [-0.39, 0.29) is 12.0 Å². The fraction of sp³-hybridized carbons (Fsp3) is 0.421. The summed E-state index contributed by atoms with van der Waals surface area (Å²) in [5, 5.41) is 0. The molecule has 1 aromatic rings. The molecule has 0 aromatic heterocycles. The Morgan fingerprint density at radius 2 is 1.96 bits per heavy atom. The summed E-state index contributed by atoms with van der Waals surface area (Å²) in [7, 11) is 0. The lowest BCUT2D eigenvalue weighted by atomic mass is 9.95. The second kappa shape index (κ2) is 7.16. The molecule has 0 bridgehead atoms. The smallest absolute Gasteiger partial charge is 0.217 e. The highest BCUT2D eigenvalue weighted by Gasteiger charge is 2.23. The van der Waals surface area contributed by atoms with Crippen LogP contribution in [0.2, 0.25) is 0 Å². The molecule has 0 saturated heterocycles. The molecular formula is C19H24F2N2O. The van der Waals surface area contributed by atoms with Gasteiger partial charge in [-0.05, 0) is 37.5 Å². The van der Waals surface area contributed by atoms with Crippen LogP contribution in [0, 0.1) is 17.0 Å². The van der Waals surface area contributed by atoms with E-state index in [0.717, 1.165) is 24.1 Å². The van der Waals surface area contributed by atoms with Gasteiger partial charge in [-0.15, -0.1) is 0 Å². The van der Waals surface area contributed by atoms with Crippen LogP contribution in [0.4, 0.5) is 8.78 Å². The molecule has 2 rings (SSSR count). The van der Waals surface area contributed by atoms with Gasteiger partial charge in [0.15, 0.2) is 0 Å². The third kappa shape index (κ3) is 4.66. The maximum atomic E-state index is 13.7. The quantitative estimate of drug-likeness (QED) is 0.776. The maximum absolute atomic E-state index is 13.7. The number of allylic oxidation sites excluding steroid dienone is 2. The number of aliphatic imine (C=N–C) groups is 1. The minimum Gasteiger partial charge on any atom is -0.473 e. The first-order valence-electron chi connectivity index (χ1n) is 7.97. The lowest BCUT2D eigenvalue weighted by Crippen LogP contribution is -2.33. The average molecular weight is 334 g/mol. The summed E-state index contributed by atoms with van der Waals surface area (Å²) in [5.41, 5.74) is 1.43. The molecule has 5 heteroatoms. The Balaban J connectivity index is 2.12. The predicted molar refractivity (Wildman–Crippen MR) is 92.3 cm³/mol. The van der Waals surface area contributed by atoms with Crippen LogP contribution < -0.4 is 0 Å². The Morgan fingerprint density at radius 1 is 1.25 bits per heavy atom. The SMILES string of the molecule is C/C=C1\N=C(OCc2ccc(F)cc2F)C=C(C)N1CC(C)(C)C. The zero-order valence-electron chi connectivity index (χ0n) is 14.9. The molecule has 0 N–H and O–H groups in total. The summed E-state index contributed by atoms with van der Waals surface area (Å²) in [4.78, 5) is 6.62. The summed E-state index contributed by atoms with van der Waals surface area (Å²) >= 11 is 0. The van der Waals surface area contributed by atoms with Crippen molar-refractivity contribution in [3.05, 3.63) is 59.1 Å². The first-order chi connectivity index (χ1) is 11.2. The standard InChI is InChI=1S/C19H24F2N2O/c1-6-17-22-18(9-13(2)23(17)12-19(3,4)5)24-11-14-7-8-15(20)10-16(14)21/h6-10H,11-12H2,1-5H3/b17-6+. The van der Waals surface area contributed by atoms with E-state index < -0.39 is 11.6 Å². The van der Waals surface area contributed by atoms with E-state index >= 15 is 0 Å². The minimum absolute atomic E-state index is 0.00495. The summed E-state index contributed by atoms with van der Waals surface area (Å²) in [6, 6.07) is 3.45. The van der Waals surface area contributed by atoms with Crippen LogP contribution in [-0.2, 0) is 11.3 Å². The molecule has 1 aliphatic heterocycles. The Hall–Kier alpha value is -2.17. The van der Waals surface area contributed by atoms with Gasteiger partial charge in [0.2, 0.25) is 5.90 Å². The summed E-state index contributed by atoms with van der Waals surface area (Å²) < 4.78 is 32.2. The molecule has 3 nitrogen and oxygen atoms in total. The summed E-state index contributed by atoms with van der Waals surface area (Å²) in [6.07, 6.45) is 3.75. The Kier molecular flexibility index (Phi) is 5.42. The van der Waals surface area contributed by atoms with E-state index in [4.69, 9.17) is 4.74 Å². The summed E-state index contributed by atoms with van der Waals surface area (Å²) in [5.74, 6) is 0.0118. The fourth-order valence-electron chi connectivity index (χ4n) is 2.41. The predicted octanol–water partition coefficient (Wildman–Crippen LogP) is 5.01.